The molecule has 0 spiro atoms. The van der Waals surface area contributed by atoms with Crippen molar-refractivity contribution in [2.45, 2.75) is 64.0 Å². The molecule has 9 nitrogen and oxygen atoms in total. The monoisotopic (exact) mass is 519 g/mol. The highest BCUT2D eigenvalue weighted by atomic mass is 16.3. The van der Waals surface area contributed by atoms with Gasteiger partial charge in [-0.25, -0.2) is 9.48 Å². The summed E-state index contributed by atoms with van der Waals surface area (Å²) in [5.41, 5.74) is 2.89. The lowest BCUT2D eigenvalue weighted by molar-refractivity contribution is 0.00357. The highest BCUT2D eigenvalue weighted by molar-refractivity contribution is 5.89. The molecule has 2 aromatic carbocycles. The molecule has 38 heavy (non-hydrogen) atoms. The van der Waals surface area contributed by atoms with E-state index in [4.69, 9.17) is 0 Å². The third kappa shape index (κ3) is 7.85. The van der Waals surface area contributed by atoms with Crippen LogP contribution in [-0.2, 0) is 13.5 Å². The van der Waals surface area contributed by atoms with Crippen LogP contribution >= 0.6 is 0 Å². The van der Waals surface area contributed by atoms with Crippen LogP contribution in [0.4, 0.5) is 10.5 Å². The predicted octanol–water partition coefficient (Wildman–Crippen LogP) is 4.26. The highest BCUT2D eigenvalue weighted by Gasteiger charge is 2.32. The molecule has 3 N–H and O–H groups in total. The minimum Gasteiger partial charge on any atom is -0.391 e. The van der Waals surface area contributed by atoms with Gasteiger partial charge in [-0.2, -0.15) is 0 Å². The van der Waals surface area contributed by atoms with Gasteiger partial charge in [-0.1, -0.05) is 62.2 Å². The van der Waals surface area contributed by atoms with E-state index in [9.17, 15) is 9.90 Å². The summed E-state index contributed by atoms with van der Waals surface area (Å²) in [4.78, 5) is 15.0. The zero-order valence-corrected chi connectivity index (χ0v) is 22.6. The second-order valence-electron chi connectivity index (χ2n) is 10.3. The Morgan fingerprint density at radius 1 is 1.16 bits per heavy atom. The Morgan fingerprint density at radius 2 is 2.00 bits per heavy atom. The molecule has 204 valence electrons. The van der Waals surface area contributed by atoms with E-state index in [1.165, 1.54) is 5.56 Å². The summed E-state index contributed by atoms with van der Waals surface area (Å²) in [5, 5.41) is 28.5. The number of anilines is 1. The summed E-state index contributed by atoms with van der Waals surface area (Å²) in [5.74, 6) is 1.23. The number of hydrogen-bond acceptors (Lipinski definition) is 6. The Bertz CT molecular complexity index is 1140. The number of likely N-dealkylation sites (tertiary alicyclic amines) is 1. The highest BCUT2D eigenvalue weighted by Crippen LogP contribution is 2.29. The third-order valence-electron chi connectivity index (χ3n) is 7.44. The molecule has 4 rings (SSSR count). The maximum Gasteiger partial charge on any atom is 0.319 e. The predicted molar refractivity (Wildman–Crippen MR) is 150 cm³/mol. The van der Waals surface area contributed by atoms with E-state index in [1.807, 2.05) is 24.3 Å². The van der Waals surface area contributed by atoms with Gasteiger partial charge >= 0.3 is 6.03 Å². The number of piperidine rings is 1. The van der Waals surface area contributed by atoms with Crippen molar-refractivity contribution in [3.63, 3.8) is 0 Å². The summed E-state index contributed by atoms with van der Waals surface area (Å²) in [7, 11) is 1.78. The van der Waals surface area contributed by atoms with Gasteiger partial charge in [-0.05, 0) is 72.7 Å². The number of benzene rings is 2. The van der Waals surface area contributed by atoms with Crippen LogP contribution < -0.4 is 10.6 Å². The molecule has 9 heteroatoms. The Balaban J connectivity index is 1.25. The van der Waals surface area contributed by atoms with Crippen LogP contribution in [0.3, 0.4) is 0 Å². The lowest BCUT2D eigenvalue weighted by Gasteiger charge is -2.42. The first-order valence-corrected chi connectivity index (χ1v) is 13.9. The van der Waals surface area contributed by atoms with Gasteiger partial charge in [-0.3, -0.25) is 4.90 Å². The van der Waals surface area contributed by atoms with Gasteiger partial charge in [0, 0.05) is 37.4 Å². The molecular weight excluding hydrogens is 478 g/mol. The molecule has 1 aliphatic rings. The number of aromatic nitrogens is 4. The molecule has 0 saturated carbocycles. The number of aryl methyl sites for hydroxylation is 1. The second kappa shape index (κ2) is 14.0. The molecule has 1 fully saturated rings. The molecule has 1 aromatic heterocycles. The molecule has 2 heterocycles. The maximum absolute atomic E-state index is 12.5. The molecular formula is C29H41N7O2. The standard InChI is InChI=1S/C29H41N7O2/c1-3-4-14-27(37)26-20-23(19-22-10-6-5-7-11-22)15-18-36(26)17-9-16-30-29(38)31-25-13-8-12-24(21-25)28-32-33-34-35(28)2/h5-8,10-13,21,23,26-27,37H,3-4,9,14-20H2,1-2H3,(H2,30,31,38)/t23-,26-,27+/m1/s1. The van der Waals surface area contributed by atoms with Gasteiger partial charge in [-0.15, -0.1) is 5.10 Å². The van der Waals surface area contributed by atoms with E-state index >= 15 is 0 Å². The first kappa shape index (κ1) is 27.7. The summed E-state index contributed by atoms with van der Waals surface area (Å²) in [6.45, 7) is 4.59. The van der Waals surface area contributed by atoms with E-state index in [0.717, 1.165) is 63.6 Å². The number of hydrogen-bond donors (Lipinski definition) is 3. The molecule has 3 atom stereocenters. The number of carbonyl (C=O) groups excluding carboxylic acids is 1. The molecule has 0 aliphatic carbocycles. The largest absolute Gasteiger partial charge is 0.391 e. The fourth-order valence-corrected chi connectivity index (χ4v) is 5.41. The zero-order valence-electron chi connectivity index (χ0n) is 22.6. The second-order valence-corrected chi connectivity index (χ2v) is 10.3. The SMILES string of the molecule is CCCC[C@H](O)[C@H]1C[C@@H](Cc2ccccc2)CCN1CCCNC(=O)Nc1cccc(-c2nnnn2C)c1. The van der Waals surface area contributed by atoms with Crippen molar-refractivity contribution in [1.29, 1.82) is 0 Å². The summed E-state index contributed by atoms with van der Waals surface area (Å²) in [6, 6.07) is 18.1. The number of nitrogens with zero attached hydrogens (tertiary/aromatic N) is 5. The van der Waals surface area contributed by atoms with Gasteiger partial charge < -0.3 is 15.7 Å². The van der Waals surface area contributed by atoms with Crippen molar-refractivity contribution in [1.82, 2.24) is 30.4 Å². The number of urea groups is 1. The Morgan fingerprint density at radius 3 is 2.76 bits per heavy atom. The first-order valence-electron chi connectivity index (χ1n) is 13.9. The van der Waals surface area contributed by atoms with Crippen molar-refractivity contribution in [2.24, 2.45) is 13.0 Å². The summed E-state index contributed by atoms with van der Waals surface area (Å²) in [6.07, 6.45) is 6.74. The molecule has 2 amide bonds. The number of nitrogens with one attached hydrogen (secondary N) is 2. The lowest BCUT2D eigenvalue weighted by Crippen LogP contribution is -2.50. The Hall–Kier alpha value is -3.30. The molecule has 0 unspecified atom stereocenters. The van der Waals surface area contributed by atoms with Gasteiger partial charge in [0.2, 0.25) is 0 Å². The fraction of sp³-hybridized carbons (Fsp3) is 0.517. The summed E-state index contributed by atoms with van der Waals surface area (Å²) >= 11 is 0. The van der Waals surface area contributed by atoms with Crippen LogP contribution in [0, 0.1) is 5.92 Å². The van der Waals surface area contributed by atoms with Crippen LogP contribution in [0.2, 0.25) is 0 Å². The number of carbonyl (C=O) groups is 1. The quantitative estimate of drug-likeness (QED) is 0.309. The van der Waals surface area contributed by atoms with Crippen LogP contribution in [0.5, 0.6) is 0 Å². The number of rotatable bonds is 12. The smallest absolute Gasteiger partial charge is 0.319 e. The number of unbranched alkanes of at least 4 members (excludes halogenated alkanes) is 1. The normalized spacial score (nSPS) is 18.7. The van der Waals surface area contributed by atoms with Gasteiger partial charge in [0.05, 0.1) is 6.10 Å². The summed E-state index contributed by atoms with van der Waals surface area (Å²) < 4.78 is 1.59. The molecule has 0 bridgehead atoms. The van der Waals surface area contributed by atoms with Gasteiger partial charge in [0.1, 0.15) is 0 Å². The van der Waals surface area contributed by atoms with Crippen molar-refractivity contribution in [3.05, 3.63) is 60.2 Å². The Kier molecular flexibility index (Phi) is 10.2. The zero-order chi connectivity index (χ0) is 26.7. The third-order valence-corrected chi connectivity index (χ3v) is 7.44. The number of amides is 2. The van der Waals surface area contributed by atoms with Crippen molar-refractivity contribution >= 4 is 11.7 Å². The van der Waals surface area contributed by atoms with Crippen LogP contribution in [0.25, 0.3) is 11.4 Å². The molecule has 1 saturated heterocycles. The van der Waals surface area contributed by atoms with Crippen LogP contribution in [0.1, 0.15) is 51.0 Å². The molecule has 0 radical (unpaired) electrons. The first-order chi connectivity index (χ1) is 18.5. The van der Waals surface area contributed by atoms with E-state index in [1.54, 1.807) is 11.7 Å². The molecule has 1 aliphatic heterocycles. The van der Waals surface area contributed by atoms with E-state index in [-0.39, 0.29) is 18.2 Å². The number of aliphatic hydroxyl groups excluding tert-OH is 1. The average Bonchev–Trinajstić information content (AvgIpc) is 3.36. The van der Waals surface area contributed by atoms with Crippen LogP contribution in [0.15, 0.2) is 54.6 Å². The van der Waals surface area contributed by atoms with Crippen LogP contribution in [-0.4, -0.2) is 68.0 Å². The topological polar surface area (TPSA) is 108 Å². The van der Waals surface area contributed by atoms with E-state index in [0.29, 0.717) is 24.0 Å². The Labute approximate surface area is 225 Å². The minimum atomic E-state index is -0.304. The van der Waals surface area contributed by atoms with Gasteiger partial charge in [0.25, 0.3) is 0 Å². The van der Waals surface area contributed by atoms with Crippen molar-refractivity contribution in [2.75, 3.05) is 25.0 Å². The average molecular weight is 520 g/mol. The number of aliphatic hydroxyl groups is 1. The minimum absolute atomic E-state index is 0.177. The van der Waals surface area contributed by atoms with E-state index < -0.39 is 0 Å². The fourth-order valence-electron chi connectivity index (χ4n) is 5.41. The van der Waals surface area contributed by atoms with E-state index in [2.05, 4.69) is 68.3 Å². The lowest BCUT2D eigenvalue weighted by atomic mass is 9.83. The van der Waals surface area contributed by atoms with Gasteiger partial charge in [0.15, 0.2) is 5.82 Å². The van der Waals surface area contributed by atoms with Crippen molar-refractivity contribution in [3.8, 4) is 11.4 Å². The maximum atomic E-state index is 12.5. The number of tetrazole rings is 1. The van der Waals surface area contributed by atoms with Crippen molar-refractivity contribution < 1.29 is 9.90 Å². The molecule has 3 aromatic rings.